The standard InChI is InChI=1S/C20H19N7O3S2/c21-20-23-10-12(11-24-20)19-25-15-3-8-31-18(15)17(26-19)14-2-1-13(9-16(14)32(22,28)29)27-4-6-30-7-5-27/h1-3,8-11H,4-7H2,(H2,21,23,24)(H2,22,28,29). The van der Waals surface area contributed by atoms with Gasteiger partial charge in [-0.15, -0.1) is 11.3 Å². The highest BCUT2D eigenvalue weighted by Crippen LogP contribution is 2.37. The highest BCUT2D eigenvalue weighted by Gasteiger charge is 2.23. The van der Waals surface area contributed by atoms with Gasteiger partial charge in [-0.3, -0.25) is 0 Å². The van der Waals surface area contributed by atoms with Gasteiger partial charge in [0.15, 0.2) is 5.82 Å². The molecule has 1 saturated heterocycles. The average molecular weight is 470 g/mol. The molecule has 0 saturated carbocycles. The molecule has 0 atom stereocenters. The molecule has 164 valence electrons. The Bertz CT molecular complexity index is 1400. The first kappa shape index (κ1) is 20.7. The first-order valence-electron chi connectivity index (χ1n) is 9.73. The third kappa shape index (κ3) is 3.88. The van der Waals surface area contributed by atoms with Crippen LogP contribution in [0.5, 0.6) is 0 Å². The van der Waals surface area contributed by atoms with Gasteiger partial charge in [-0.05, 0) is 29.6 Å². The number of rotatable bonds is 4. The van der Waals surface area contributed by atoms with Gasteiger partial charge in [0, 0.05) is 36.7 Å². The molecule has 0 bridgehead atoms. The fourth-order valence-electron chi connectivity index (χ4n) is 3.59. The molecule has 0 spiro atoms. The normalized spacial score (nSPS) is 14.7. The maximum Gasteiger partial charge on any atom is 0.238 e. The summed E-state index contributed by atoms with van der Waals surface area (Å²) in [6.07, 6.45) is 3.06. The summed E-state index contributed by atoms with van der Waals surface area (Å²) in [5.41, 5.74) is 8.50. The van der Waals surface area contributed by atoms with Gasteiger partial charge in [0.1, 0.15) is 0 Å². The number of sulfonamides is 1. The van der Waals surface area contributed by atoms with Crippen LogP contribution in [-0.4, -0.2) is 54.7 Å². The monoisotopic (exact) mass is 469 g/mol. The van der Waals surface area contributed by atoms with Crippen molar-refractivity contribution in [3.63, 3.8) is 0 Å². The second-order valence-corrected chi connectivity index (χ2v) is 9.63. The fraction of sp³-hybridized carbons (Fsp3) is 0.200. The van der Waals surface area contributed by atoms with E-state index in [9.17, 15) is 8.42 Å². The fourth-order valence-corrected chi connectivity index (χ4v) is 5.18. The third-order valence-corrected chi connectivity index (χ3v) is 7.00. The molecule has 4 heterocycles. The van der Waals surface area contributed by atoms with Gasteiger partial charge < -0.3 is 15.4 Å². The highest BCUT2D eigenvalue weighted by molar-refractivity contribution is 7.89. The minimum absolute atomic E-state index is 0.00870. The first-order valence-corrected chi connectivity index (χ1v) is 12.2. The van der Waals surface area contributed by atoms with Crippen molar-refractivity contribution < 1.29 is 13.2 Å². The molecule has 0 amide bonds. The summed E-state index contributed by atoms with van der Waals surface area (Å²) in [7, 11) is -4.03. The van der Waals surface area contributed by atoms with Crippen LogP contribution in [0.2, 0.25) is 0 Å². The van der Waals surface area contributed by atoms with Crippen molar-refractivity contribution in [2.75, 3.05) is 36.9 Å². The number of thiophene rings is 1. The van der Waals surface area contributed by atoms with Crippen LogP contribution in [0.25, 0.3) is 32.9 Å². The Hall–Kier alpha value is -3.19. The number of nitrogen functional groups attached to an aromatic ring is 1. The molecule has 0 aliphatic carbocycles. The molecule has 12 heteroatoms. The molecular weight excluding hydrogens is 450 g/mol. The molecule has 1 aliphatic heterocycles. The number of benzene rings is 1. The van der Waals surface area contributed by atoms with E-state index in [0.29, 0.717) is 54.5 Å². The largest absolute Gasteiger partial charge is 0.378 e. The van der Waals surface area contributed by atoms with Crippen LogP contribution in [0.4, 0.5) is 11.6 Å². The van der Waals surface area contributed by atoms with Crippen molar-refractivity contribution in [2.24, 2.45) is 5.14 Å². The Morgan fingerprint density at radius 3 is 2.53 bits per heavy atom. The number of hydrogen-bond acceptors (Lipinski definition) is 10. The zero-order valence-electron chi connectivity index (χ0n) is 16.8. The van der Waals surface area contributed by atoms with Crippen LogP contribution in [0.1, 0.15) is 0 Å². The van der Waals surface area contributed by atoms with Crippen molar-refractivity contribution in [1.29, 1.82) is 0 Å². The SMILES string of the molecule is Nc1ncc(-c2nc(-c3ccc(N4CCOCC4)cc3S(N)(=O)=O)c3sccc3n2)cn1. The lowest BCUT2D eigenvalue weighted by molar-refractivity contribution is 0.122. The van der Waals surface area contributed by atoms with Gasteiger partial charge >= 0.3 is 0 Å². The van der Waals surface area contributed by atoms with Gasteiger partial charge in [-0.25, -0.2) is 33.5 Å². The minimum atomic E-state index is -4.03. The Kier molecular flexibility index (Phi) is 5.21. The Balaban J connectivity index is 1.70. The van der Waals surface area contributed by atoms with E-state index >= 15 is 0 Å². The lowest BCUT2D eigenvalue weighted by Gasteiger charge is -2.29. The summed E-state index contributed by atoms with van der Waals surface area (Å²) in [6, 6.07) is 7.08. The number of nitrogens with zero attached hydrogens (tertiary/aromatic N) is 5. The molecule has 4 aromatic rings. The lowest BCUT2D eigenvalue weighted by atomic mass is 10.1. The van der Waals surface area contributed by atoms with Crippen molar-refractivity contribution in [2.45, 2.75) is 4.90 Å². The van der Waals surface area contributed by atoms with Gasteiger partial charge in [0.2, 0.25) is 16.0 Å². The molecule has 1 aliphatic rings. The second kappa shape index (κ2) is 8.06. The molecule has 10 nitrogen and oxygen atoms in total. The van der Waals surface area contributed by atoms with E-state index in [1.165, 1.54) is 23.7 Å². The van der Waals surface area contributed by atoms with Crippen LogP contribution in [0, 0.1) is 0 Å². The van der Waals surface area contributed by atoms with Crippen molar-refractivity contribution >= 4 is 43.2 Å². The zero-order chi connectivity index (χ0) is 22.3. The third-order valence-electron chi connectivity index (χ3n) is 5.14. The number of nitrogens with two attached hydrogens (primary N) is 2. The average Bonchev–Trinajstić information content (AvgIpc) is 3.27. The quantitative estimate of drug-likeness (QED) is 0.456. The predicted molar refractivity (Wildman–Crippen MR) is 123 cm³/mol. The number of aromatic nitrogens is 4. The topological polar surface area (TPSA) is 150 Å². The number of ether oxygens (including phenoxy) is 1. The van der Waals surface area contributed by atoms with Crippen LogP contribution in [-0.2, 0) is 14.8 Å². The number of morpholine rings is 1. The molecule has 5 rings (SSSR count). The summed E-state index contributed by atoms with van der Waals surface area (Å²) in [5, 5.41) is 7.51. The van der Waals surface area contributed by atoms with E-state index < -0.39 is 10.0 Å². The minimum Gasteiger partial charge on any atom is -0.378 e. The number of hydrogen-bond donors (Lipinski definition) is 2. The van der Waals surface area contributed by atoms with Gasteiger partial charge in [-0.2, -0.15) is 0 Å². The van der Waals surface area contributed by atoms with Crippen LogP contribution in [0.3, 0.4) is 0 Å². The number of fused-ring (bicyclic) bond motifs is 1. The van der Waals surface area contributed by atoms with Gasteiger partial charge in [0.25, 0.3) is 0 Å². The van der Waals surface area contributed by atoms with Crippen molar-refractivity contribution in [3.05, 3.63) is 42.0 Å². The molecule has 3 aromatic heterocycles. The Labute approximate surface area is 188 Å². The number of anilines is 2. The van der Waals surface area contributed by atoms with E-state index in [0.717, 1.165) is 10.4 Å². The van der Waals surface area contributed by atoms with Gasteiger partial charge in [0.05, 0.1) is 39.6 Å². The molecule has 4 N–H and O–H groups in total. The highest BCUT2D eigenvalue weighted by atomic mass is 32.2. The molecular formula is C20H19N7O3S2. The van der Waals surface area contributed by atoms with E-state index in [4.69, 9.17) is 15.6 Å². The molecule has 32 heavy (non-hydrogen) atoms. The Morgan fingerprint density at radius 2 is 1.81 bits per heavy atom. The lowest BCUT2D eigenvalue weighted by Crippen LogP contribution is -2.36. The van der Waals surface area contributed by atoms with Crippen LogP contribution in [0.15, 0.2) is 46.9 Å². The van der Waals surface area contributed by atoms with Gasteiger partial charge in [-0.1, -0.05) is 0 Å². The van der Waals surface area contributed by atoms with E-state index in [2.05, 4.69) is 24.8 Å². The van der Waals surface area contributed by atoms with E-state index in [-0.39, 0.29) is 10.8 Å². The Morgan fingerprint density at radius 1 is 1.06 bits per heavy atom. The molecule has 1 aromatic carbocycles. The molecule has 0 radical (unpaired) electrons. The summed E-state index contributed by atoms with van der Waals surface area (Å²) in [5.74, 6) is 0.504. The molecule has 0 unspecified atom stereocenters. The van der Waals surface area contributed by atoms with E-state index in [1.807, 2.05) is 17.5 Å². The van der Waals surface area contributed by atoms with Crippen molar-refractivity contribution in [3.8, 4) is 22.6 Å². The summed E-state index contributed by atoms with van der Waals surface area (Å²) in [4.78, 5) is 19.3. The van der Waals surface area contributed by atoms with Crippen molar-refractivity contribution in [1.82, 2.24) is 19.9 Å². The second-order valence-electron chi connectivity index (χ2n) is 7.19. The van der Waals surface area contributed by atoms with Crippen LogP contribution < -0.4 is 15.8 Å². The van der Waals surface area contributed by atoms with E-state index in [1.54, 1.807) is 12.1 Å². The maximum atomic E-state index is 12.6. The van der Waals surface area contributed by atoms with Crippen LogP contribution >= 0.6 is 11.3 Å². The number of primary sulfonamides is 1. The zero-order valence-corrected chi connectivity index (χ0v) is 18.4. The molecule has 1 fully saturated rings. The predicted octanol–water partition coefficient (Wildman–Crippen LogP) is 1.88. The summed E-state index contributed by atoms with van der Waals surface area (Å²) >= 11 is 1.43. The maximum absolute atomic E-state index is 12.6. The first-order chi connectivity index (χ1) is 15.4. The summed E-state index contributed by atoms with van der Waals surface area (Å²) < 4.78 is 31.3. The smallest absolute Gasteiger partial charge is 0.238 e. The summed E-state index contributed by atoms with van der Waals surface area (Å²) in [6.45, 7) is 2.52.